The van der Waals surface area contributed by atoms with Gasteiger partial charge in [0.25, 0.3) is 0 Å². The largest absolute Gasteiger partial charge is 0.357 e. The minimum atomic E-state index is 0.301. The van der Waals surface area contributed by atoms with E-state index in [4.69, 9.17) is 11.6 Å². The van der Waals surface area contributed by atoms with E-state index < -0.39 is 0 Å². The number of hydrogen-bond donors (Lipinski definition) is 2. The maximum Gasteiger partial charge on any atom is 0.222 e. The first-order valence-electron chi connectivity index (χ1n) is 9.20. The van der Waals surface area contributed by atoms with Crippen LogP contribution in [0.4, 0.5) is 0 Å². The molecule has 0 radical (unpaired) electrons. The number of likely N-dealkylation sites (tertiary alicyclic amines) is 1. The van der Waals surface area contributed by atoms with Gasteiger partial charge in [-0.1, -0.05) is 30.7 Å². The summed E-state index contributed by atoms with van der Waals surface area (Å²) in [5, 5.41) is 7.38. The van der Waals surface area contributed by atoms with Gasteiger partial charge in [0.05, 0.1) is 6.54 Å². The van der Waals surface area contributed by atoms with Gasteiger partial charge < -0.3 is 15.5 Å². The van der Waals surface area contributed by atoms with E-state index in [1.54, 1.807) is 0 Å². The van der Waals surface area contributed by atoms with Crippen molar-refractivity contribution in [3.63, 3.8) is 0 Å². The maximum atomic E-state index is 11.9. The Balaban J connectivity index is 1.84. The van der Waals surface area contributed by atoms with Gasteiger partial charge in [-0.3, -0.25) is 4.79 Å². The Bertz CT molecular complexity index is 573. The normalized spacial score (nSPS) is 16.2. The predicted octanol–water partition coefficient (Wildman–Crippen LogP) is 3.19. The fourth-order valence-electron chi connectivity index (χ4n) is 3.09. The van der Waals surface area contributed by atoms with E-state index in [1.807, 2.05) is 29.2 Å². The molecule has 0 aliphatic carbocycles. The third-order valence-corrected chi connectivity index (χ3v) is 4.72. The summed E-state index contributed by atoms with van der Waals surface area (Å²) in [5.41, 5.74) is 1.12. The molecule has 1 saturated heterocycles. The molecule has 138 valence electrons. The molecule has 5 nitrogen and oxygen atoms in total. The second-order valence-corrected chi connectivity index (χ2v) is 6.73. The molecule has 1 aliphatic rings. The van der Waals surface area contributed by atoms with Gasteiger partial charge in [-0.05, 0) is 43.9 Å². The lowest BCUT2D eigenvalue weighted by atomic mass is 10.1. The van der Waals surface area contributed by atoms with E-state index in [9.17, 15) is 4.79 Å². The Morgan fingerprint density at radius 1 is 1.28 bits per heavy atom. The maximum absolute atomic E-state index is 11.9. The summed E-state index contributed by atoms with van der Waals surface area (Å²) < 4.78 is 0. The zero-order chi connectivity index (χ0) is 18.1. The fourth-order valence-corrected chi connectivity index (χ4v) is 3.22. The number of rotatable bonds is 8. The van der Waals surface area contributed by atoms with Crippen molar-refractivity contribution in [3.05, 3.63) is 34.9 Å². The van der Waals surface area contributed by atoms with E-state index in [2.05, 4.69) is 29.5 Å². The first kappa shape index (κ1) is 19.6. The van der Waals surface area contributed by atoms with Crippen molar-refractivity contribution in [2.45, 2.75) is 52.1 Å². The van der Waals surface area contributed by atoms with Gasteiger partial charge in [-0.15, -0.1) is 0 Å². The predicted molar refractivity (Wildman–Crippen MR) is 104 cm³/mol. The molecule has 1 heterocycles. The van der Waals surface area contributed by atoms with Crippen molar-refractivity contribution in [1.29, 1.82) is 0 Å². The number of hydrogen-bond acceptors (Lipinski definition) is 2. The fraction of sp³-hybridized carbons (Fsp3) is 0.579. The van der Waals surface area contributed by atoms with Crippen LogP contribution < -0.4 is 10.6 Å². The van der Waals surface area contributed by atoms with E-state index in [-0.39, 0.29) is 0 Å². The molecule has 1 aromatic carbocycles. The number of halogens is 1. The van der Waals surface area contributed by atoms with E-state index in [1.165, 1.54) is 0 Å². The van der Waals surface area contributed by atoms with Crippen LogP contribution in [0, 0.1) is 0 Å². The third kappa shape index (κ3) is 6.24. The first-order valence-corrected chi connectivity index (χ1v) is 9.58. The molecule has 0 aromatic heterocycles. The minimum Gasteiger partial charge on any atom is -0.357 e. The van der Waals surface area contributed by atoms with Gasteiger partial charge in [-0.25, -0.2) is 4.99 Å². The Kier molecular flexibility index (Phi) is 8.06. The average Bonchev–Trinajstić information content (AvgIpc) is 3.04. The number of carbonyl (C=O) groups is 1. The van der Waals surface area contributed by atoms with Crippen LogP contribution in [0.25, 0.3) is 0 Å². The summed E-state index contributed by atoms with van der Waals surface area (Å²) in [6, 6.07) is 8.06. The average molecular weight is 365 g/mol. The van der Waals surface area contributed by atoms with Gasteiger partial charge in [0.2, 0.25) is 5.91 Å². The van der Waals surface area contributed by atoms with Crippen LogP contribution in [0.2, 0.25) is 5.02 Å². The topological polar surface area (TPSA) is 56.7 Å². The molecule has 1 amide bonds. The van der Waals surface area contributed by atoms with Gasteiger partial charge in [-0.2, -0.15) is 0 Å². The standard InChI is InChI=1S/C19H29ClN4O/c1-3-17(24-13-5-6-18(24)25)11-12-22-19(21-4-2)23-14-15-7-9-16(20)10-8-15/h7-10,17H,3-6,11-14H2,1-2H3,(H2,21,22,23). The number of nitrogens with zero attached hydrogens (tertiary/aromatic N) is 2. The monoisotopic (exact) mass is 364 g/mol. The summed E-state index contributed by atoms with van der Waals surface area (Å²) in [7, 11) is 0. The van der Waals surface area contributed by atoms with Gasteiger partial charge in [0.1, 0.15) is 0 Å². The summed E-state index contributed by atoms with van der Waals surface area (Å²) >= 11 is 5.91. The molecule has 1 unspecified atom stereocenters. The van der Waals surface area contributed by atoms with Gasteiger partial charge in [0, 0.05) is 37.1 Å². The van der Waals surface area contributed by atoms with Crippen LogP contribution in [-0.2, 0) is 11.3 Å². The molecule has 2 rings (SSSR count). The Hall–Kier alpha value is -1.75. The molecule has 0 saturated carbocycles. The van der Waals surface area contributed by atoms with Crippen LogP contribution in [0.5, 0.6) is 0 Å². The molecular weight excluding hydrogens is 336 g/mol. The molecule has 1 aromatic rings. The van der Waals surface area contributed by atoms with Crippen LogP contribution in [0.15, 0.2) is 29.3 Å². The second kappa shape index (κ2) is 10.3. The molecule has 2 N–H and O–H groups in total. The molecule has 0 bridgehead atoms. The minimum absolute atomic E-state index is 0.301. The van der Waals surface area contributed by atoms with Crippen LogP contribution in [0.3, 0.4) is 0 Å². The number of amides is 1. The highest BCUT2D eigenvalue weighted by Crippen LogP contribution is 2.17. The van der Waals surface area contributed by atoms with Crippen molar-refractivity contribution in [2.24, 2.45) is 4.99 Å². The highest BCUT2D eigenvalue weighted by molar-refractivity contribution is 6.30. The molecule has 0 spiro atoms. The third-order valence-electron chi connectivity index (χ3n) is 4.47. The second-order valence-electron chi connectivity index (χ2n) is 6.29. The molecule has 1 atom stereocenters. The summed E-state index contributed by atoms with van der Waals surface area (Å²) in [6.45, 7) is 7.33. The Morgan fingerprint density at radius 3 is 2.64 bits per heavy atom. The molecule has 6 heteroatoms. The Labute approximate surface area is 155 Å². The lowest BCUT2D eigenvalue weighted by Gasteiger charge is -2.27. The van der Waals surface area contributed by atoms with Crippen LogP contribution >= 0.6 is 11.6 Å². The summed E-state index contributed by atoms with van der Waals surface area (Å²) in [4.78, 5) is 18.6. The molecule has 1 fully saturated rings. The van der Waals surface area contributed by atoms with E-state index in [0.717, 1.165) is 55.4 Å². The van der Waals surface area contributed by atoms with Crippen LogP contribution in [0.1, 0.15) is 45.1 Å². The van der Waals surface area contributed by atoms with Crippen molar-refractivity contribution >= 4 is 23.5 Å². The molecular formula is C19H29ClN4O. The number of benzene rings is 1. The van der Waals surface area contributed by atoms with Gasteiger partial charge >= 0.3 is 0 Å². The zero-order valence-corrected chi connectivity index (χ0v) is 16.0. The van der Waals surface area contributed by atoms with Crippen LogP contribution in [-0.4, -0.2) is 42.4 Å². The quantitative estimate of drug-likeness (QED) is 0.550. The number of guanidine groups is 1. The van der Waals surface area contributed by atoms with Crippen molar-refractivity contribution in [2.75, 3.05) is 19.6 Å². The van der Waals surface area contributed by atoms with Gasteiger partial charge in [0.15, 0.2) is 5.96 Å². The van der Waals surface area contributed by atoms with Crippen molar-refractivity contribution < 1.29 is 4.79 Å². The lowest BCUT2D eigenvalue weighted by molar-refractivity contribution is -0.129. The van der Waals surface area contributed by atoms with E-state index in [0.29, 0.717) is 24.9 Å². The number of nitrogens with one attached hydrogen (secondary N) is 2. The first-order chi connectivity index (χ1) is 12.1. The summed E-state index contributed by atoms with van der Waals surface area (Å²) in [6.07, 6.45) is 3.63. The molecule has 25 heavy (non-hydrogen) atoms. The summed E-state index contributed by atoms with van der Waals surface area (Å²) in [5.74, 6) is 1.11. The highest BCUT2D eigenvalue weighted by Gasteiger charge is 2.26. The SMILES string of the molecule is CCNC(=NCc1ccc(Cl)cc1)NCCC(CC)N1CCCC1=O. The number of carbonyl (C=O) groups excluding carboxylic acids is 1. The van der Waals surface area contributed by atoms with Crippen molar-refractivity contribution in [3.8, 4) is 0 Å². The highest BCUT2D eigenvalue weighted by atomic mass is 35.5. The molecule has 1 aliphatic heterocycles. The lowest BCUT2D eigenvalue weighted by Crippen LogP contribution is -2.42. The van der Waals surface area contributed by atoms with Crippen molar-refractivity contribution in [1.82, 2.24) is 15.5 Å². The zero-order valence-electron chi connectivity index (χ0n) is 15.2. The Morgan fingerprint density at radius 2 is 2.04 bits per heavy atom. The van der Waals surface area contributed by atoms with E-state index >= 15 is 0 Å². The number of aliphatic imine (C=N–C) groups is 1. The smallest absolute Gasteiger partial charge is 0.222 e.